The van der Waals surface area contributed by atoms with Gasteiger partial charge in [-0.1, -0.05) is 29.8 Å². The lowest BCUT2D eigenvalue weighted by Crippen LogP contribution is -2.35. The lowest BCUT2D eigenvalue weighted by Gasteiger charge is -2.20. The molecule has 0 N–H and O–H groups in total. The first-order valence-electron chi connectivity index (χ1n) is 9.00. The predicted octanol–water partition coefficient (Wildman–Crippen LogP) is 3.18. The van der Waals surface area contributed by atoms with Crippen LogP contribution in [0.25, 0.3) is 0 Å². The first-order chi connectivity index (χ1) is 14.0. The maximum absolute atomic E-state index is 12.5. The minimum atomic E-state index is -0.715. The Morgan fingerprint density at radius 2 is 1.97 bits per heavy atom. The number of carbonyl (C=O) groups excluding carboxylic acids is 3. The van der Waals surface area contributed by atoms with Crippen LogP contribution in [0, 0.1) is 11.3 Å². The van der Waals surface area contributed by atoms with Gasteiger partial charge in [-0.05, 0) is 36.8 Å². The second kappa shape index (κ2) is 9.22. The van der Waals surface area contributed by atoms with Crippen LogP contribution >= 0.6 is 11.6 Å². The minimum absolute atomic E-state index is 0.0531. The summed E-state index contributed by atoms with van der Waals surface area (Å²) in [6, 6.07) is 15.1. The largest absolute Gasteiger partial charge is 0.452 e. The number of amides is 2. The third-order valence-corrected chi connectivity index (χ3v) is 4.79. The van der Waals surface area contributed by atoms with Crippen molar-refractivity contribution in [2.24, 2.45) is 0 Å². The molecule has 0 aromatic heterocycles. The molecule has 1 heterocycles. The van der Waals surface area contributed by atoms with Crippen LogP contribution in [0.2, 0.25) is 5.02 Å². The Hall–Kier alpha value is -3.37. The van der Waals surface area contributed by atoms with Crippen molar-refractivity contribution in [3.05, 3.63) is 59.1 Å². The summed E-state index contributed by atoms with van der Waals surface area (Å²) in [5, 5.41) is 9.35. The highest BCUT2D eigenvalue weighted by atomic mass is 35.5. The highest BCUT2D eigenvalue weighted by Gasteiger charge is 2.25. The molecule has 7 nitrogen and oxygen atoms in total. The van der Waals surface area contributed by atoms with Crippen LogP contribution in [0.3, 0.4) is 0 Å². The van der Waals surface area contributed by atoms with Crippen LogP contribution in [-0.2, 0) is 14.3 Å². The average molecular weight is 412 g/mol. The summed E-state index contributed by atoms with van der Waals surface area (Å²) in [7, 11) is 0. The number of anilines is 2. The predicted molar refractivity (Wildman–Crippen MR) is 108 cm³/mol. The van der Waals surface area contributed by atoms with Crippen molar-refractivity contribution in [3.8, 4) is 6.07 Å². The standard InChI is InChI=1S/C21H18ClN3O4/c22-17-9-8-15(13-18(17)25-11-4-7-19(25)26)21(28)29-14-20(27)24(12-10-23)16-5-2-1-3-6-16/h1-3,5-6,8-9,13H,4,7,11-12,14H2. The average Bonchev–Trinajstić information content (AvgIpc) is 3.16. The Morgan fingerprint density at radius 3 is 2.62 bits per heavy atom. The highest BCUT2D eigenvalue weighted by molar-refractivity contribution is 6.34. The number of hydrogen-bond donors (Lipinski definition) is 0. The maximum atomic E-state index is 12.5. The van der Waals surface area contributed by atoms with Gasteiger partial charge in [-0.2, -0.15) is 5.26 Å². The molecule has 29 heavy (non-hydrogen) atoms. The number of hydrogen-bond acceptors (Lipinski definition) is 5. The van der Waals surface area contributed by atoms with E-state index in [1.165, 1.54) is 28.0 Å². The summed E-state index contributed by atoms with van der Waals surface area (Å²) in [4.78, 5) is 39.6. The smallest absolute Gasteiger partial charge is 0.338 e. The Bertz CT molecular complexity index is 972. The van der Waals surface area contributed by atoms with Crippen molar-refractivity contribution >= 4 is 40.8 Å². The fourth-order valence-electron chi connectivity index (χ4n) is 3.04. The summed E-state index contributed by atoms with van der Waals surface area (Å²) in [6.07, 6.45) is 1.17. The molecule has 0 bridgehead atoms. The van der Waals surface area contributed by atoms with Crippen LogP contribution < -0.4 is 9.80 Å². The number of benzene rings is 2. The summed E-state index contributed by atoms with van der Waals surface area (Å²) in [5.41, 5.74) is 1.17. The van der Waals surface area contributed by atoms with Gasteiger partial charge in [0.2, 0.25) is 5.91 Å². The molecule has 1 aliphatic heterocycles. The van der Waals surface area contributed by atoms with E-state index < -0.39 is 18.5 Å². The molecule has 2 aromatic rings. The van der Waals surface area contributed by atoms with Crippen molar-refractivity contribution < 1.29 is 19.1 Å². The molecule has 2 aromatic carbocycles. The molecule has 1 fully saturated rings. The Balaban J connectivity index is 1.69. The zero-order valence-electron chi connectivity index (χ0n) is 15.5. The van der Waals surface area contributed by atoms with Gasteiger partial charge in [0.05, 0.1) is 22.3 Å². The van der Waals surface area contributed by atoms with E-state index in [9.17, 15) is 14.4 Å². The number of esters is 1. The van der Waals surface area contributed by atoms with Crippen LogP contribution in [0.5, 0.6) is 0 Å². The van der Waals surface area contributed by atoms with Gasteiger partial charge in [0.15, 0.2) is 6.61 Å². The van der Waals surface area contributed by atoms with Crippen LogP contribution in [-0.4, -0.2) is 37.5 Å². The molecule has 0 unspecified atom stereocenters. The van der Waals surface area contributed by atoms with E-state index in [0.29, 0.717) is 29.4 Å². The summed E-state index contributed by atoms with van der Waals surface area (Å²) >= 11 is 6.18. The molecule has 3 rings (SSSR count). The second-order valence-corrected chi connectivity index (χ2v) is 6.77. The quantitative estimate of drug-likeness (QED) is 0.537. The summed E-state index contributed by atoms with van der Waals surface area (Å²) in [6.45, 7) is -0.145. The fraction of sp³-hybridized carbons (Fsp3) is 0.238. The van der Waals surface area contributed by atoms with Gasteiger partial charge in [-0.3, -0.25) is 14.5 Å². The number of rotatable bonds is 6. The van der Waals surface area contributed by atoms with E-state index in [2.05, 4.69) is 0 Å². The highest BCUT2D eigenvalue weighted by Crippen LogP contribution is 2.30. The van der Waals surface area contributed by atoms with Crippen LogP contribution in [0.1, 0.15) is 23.2 Å². The van der Waals surface area contributed by atoms with E-state index in [1.807, 2.05) is 6.07 Å². The third-order valence-electron chi connectivity index (χ3n) is 4.47. The third kappa shape index (κ3) is 4.73. The minimum Gasteiger partial charge on any atom is -0.452 e. The Morgan fingerprint density at radius 1 is 1.21 bits per heavy atom. The van der Waals surface area contributed by atoms with Crippen molar-refractivity contribution in [2.45, 2.75) is 12.8 Å². The van der Waals surface area contributed by atoms with E-state index in [1.54, 1.807) is 30.3 Å². The van der Waals surface area contributed by atoms with Crippen molar-refractivity contribution in [2.75, 3.05) is 29.5 Å². The van der Waals surface area contributed by atoms with Gasteiger partial charge in [-0.15, -0.1) is 0 Å². The lowest BCUT2D eigenvalue weighted by molar-refractivity contribution is -0.121. The van der Waals surface area contributed by atoms with Gasteiger partial charge in [0.1, 0.15) is 6.54 Å². The normalized spacial score (nSPS) is 13.1. The van der Waals surface area contributed by atoms with E-state index in [-0.39, 0.29) is 18.0 Å². The van der Waals surface area contributed by atoms with Gasteiger partial charge >= 0.3 is 5.97 Å². The maximum Gasteiger partial charge on any atom is 0.338 e. The zero-order chi connectivity index (χ0) is 20.8. The molecule has 0 atom stereocenters. The number of para-hydroxylation sites is 1. The van der Waals surface area contributed by atoms with Crippen LogP contribution in [0.4, 0.5) is 11.4 Å². The van der Waals surface area contributed by atoms with Gasteiger partial charge in [0.25, 0.3) is 5.91 Å². The zero-order valence-corrected chi connectivity index (χ0v) is 16.3. The molecule has 148 valence electrons. The van der Waals surface area contributed by atoms with E-state index in [4.69, 9.17) is 21.6 Å². The van der Waals surface area contributed by atoms with Crippen molar-refractivity contribution in [1.82, 2.24) is 0 Å². The van der Waals surface area contributed by atoms with Gasteiger partial charge < -0.3 is 9.64 Å². The molecule has 0 aliphatic carbocycles. The summed E-state index contributed by atoms with van der Waals surface area (Å²) < 4.78 is 5.14. The number of nitriles is 1. The molecule has 2 amide bonds. The van der Waals surface area contributed by atoms with Gasteiger partial charge in [0, 0.05) is 18.7 Å². The molecular weight excluding hydrogens is 394 g/mol. The Kier molecular flexibility index (Phi) is 6.47. The topological polar surface area (TPSA) is 90.7 Å². The molecule has 0 spiro atoms. The number of halogens is 1. The van der Waals surface area contributed by atoms with Crippen molar-refractivity contribution in [1.29, 1.82) is 5.26 Å². The molecule has 1 aliphatic rings. The fourth-order valence-corrected chi connectivity index (χ4v) is 3.26. The monoisotopic (exact) mass is 411 g/mol. The van der Waals surface area contributed by atoms with E-state index >= 15 is 0 Å². The molecule has 8 heteroatoms. The van der Waals surface area contributed by atoms with E-state index in [0.717, 1.165) is 6.42 Å². The molecular formula is C21H18ClN3O4. The first-order valence-corrected chi connectivity index (χ1v) is 9.38. The molecule has 0 saturated carbocycles. The first kappa shape index (κ1) is 20.4. The summed E-state index contributed by atoms with van der Waals surface area (Å²) in [5.74, 6) is -1.29. The molecule has 1 saturated heterocycles. The SMILES string of the molecule is N#CCN(C(=O)COC(=O)c1ccc(Cl)c(N2CCCC2=O)c1)c1ccccc1. The van der Waals surface area contributed by atoms with Crippen molar-refractivity contribution in [3.63, 3.8) is 0 Å². The number of nitrogens with zero attached hydrogens (tertiary/aromatic N) is 3. The number of carbonyl (C=O) groups is 3. The Labute approximate surface area is 173 Å². The number of ether oxygens (including phenoxy) is 1. The lowest BCUT2D eigenvalue weighted by atomic mass is 10.2. The second-order valence-electron chi connectivity index (χ2n) is 6.36. The molecule has 0 radical (unpaired) electrons. The van der Waals surface area contributed by atoms with Gasteiger partial charge in [-0.25, -0.2) is 4.79 Å². The van der Waals surface area contributed by atoms with Crippen LogP contribution in [0.15, 0.2) is 48.5 Å².